The lowest BCUT2D eigenvalue weighted by atomic mass is 10.2. The number of aromatic nitrogens is 1. The second-order valence-corrected chi connectivity index (χ2v) is 5.70. The molecule has 0 radical (unpaired) electrons. The quantitative estimate of drug-likeness (QED) is 0.909. The number of nitrogens with one attached hydrogen (secondary N) is 2. The first-order valence-corrected chi connectivity index (χ1v) is 7.40. The van der Waals surface area contributed by atoms with Crippen molar-refractivity contribution in [2.24, 2.45) is 0 Å². The van der Waals surface area contributed by atoms with Crippen molar-refractivity contribution in [2.45, 2.75) is 13.5 Å². The molecule has 1 aliphatic heterocycles. The van der Waals surface area contributed by atoms with Crippen molar-refractivity contribution in [1.82, 2.24) is 10.3 Å². The zero-order valence-electron chi connectivity index (χ0n) is 11.2. The smallest absolute Gasteiger partial charge is 0.321 e. The SMILES string of the molecule is Cc1nc(CNc2ccc(N3CCNC3=O)cc2)cs1. The van der Waals surface area contributed by atoms with Crippen LogP contribution in [0.25, 0.3) is 0 Å². The molecule has 2 N–H and O–H groups in total. The van der Waals surface area contributed by atoms with Gasteiger partial charge in [0.25, 0.3) is 0 Å². The van der Waals surface area contributed by atoms with Crippen LogP contribution in [0.4, 0.5) is 16.2 Å². The lowest BCUT2D eigenvalue weighted by Gasteiger charge is -2.14. The summed E-state index contributed by atoms with van der Waals surface area (Å²) in [6.07, 6.45) is 0. The molecule has 20 heavy (non-hydrogen) atoms. The average molecular weight is 288 g/mol. The van der Waals surface area contributed by atoms with Crippen molar-refractivity contribution in [2.75, 3.05) is 23.3 Å². The first-order chi connectivity index (χ1) is 9.72. The van der Waals surface area contributed by atoms with E-state index >= 15 is 0 Å². The molecule has 1 aromatic carbocycles. The van der Waals surface area contributed by atoms with Crippen LogP contribution in [0, 0.1) is 6.92 Å². The summed E-state index contributed by atoms with van der Waals surface area (Å²) in [7, 11) is 0. The predicted octanol–water partition coefficient (Wildman–Crippen LogP) is 2.59. The highest BCUT2D eigenvalue weighted by Crippen LogP contribution is 2.20. The maximum atomic E-state index is 11.6. The van der Waals surface area contributed by atoms with Gasteiger partial charge in [-0.05, 0) is 31.2 Å². The lowest BCUT2D eigenvalue weighted by molar-refractivity contribution is 0.252. The van der Waals surface area contributed by atoms with Gasteiger partial charge in [-0.2, -0.15) is 0 Å². The maximum absolute atomic E-state index is 11.6. The number of hydrogen-bond donors (Lipinski definition) is 2. The van der Waals surface area contributed by atoms with Crippen LogP contribution in [0.3, 0.4) is 0 Å². The van der Waals surface area contributed by atoms with Crippen LogP contribution >= 0.6 is 11.3 Å². The Kier molecular flexibility index (Phi) is 3.56. The average Bonchev–Trinajstić information content (AvgIpc) is 3.06. The van der Waals surface area contributed by atoms with E-state index in [1.54, 1.807) is 16.2 Å². The Morgan fingerprint density at radius 1 is 1.40 bits per heavy atom. The minimum Gasteiger partial charge on any atom is -0.379 e. The summed E-state index contributed by atoms with van der Waals surface area (Å²) in [5.74, 6) is 0. The molecule has 2 amide bonds. The summed E-state index contributed by atoms with van der Waals surface area (Å²) in [6.45, 7) is 4.16. The van der Waals surface area contributed by atoms with E-state index in [2.05, 4.69) is 21.0 Å². The van der Waals surface area contributed by atoms with Gasteiger partial charge in [0.2, 0.25) is 0 Å². The Bertz CT molecular complexity index is 608. The van der Waals surface area contributed by atoms with E-state index < -0.39 is 0 Å². The van der Waals surface area contributed by atoms with Crippen molar-refractivity contribution >= 4 is 28.7 Å². The number of anilines is 2. The second kappa shape index (κ2) is 5.50. The Balaban J connectivity index is 1.62. The normalized spacial score (nSPS) is 14.4. The minimum absolute atomic E-state index is 0.0244. The van der Waals surface area contributed by atoms with Crippen LogP contribution < -0.4 is 15.5 Å². The van der Waals surface area contributed by atoms with Crippen molar-refractivity contribution in [3.05, 3.63) is 40.3 Å². The summed E-state index contributed by atoms with van der Waals surface area (Å²) in [5, 5.41) is 9.27. The van der Waals surface area contributed by atoms with Crippen LogP contribution in [0.1, 0.15) is 10.7 Å². The molecule has 6 heteroatoms. The fourth-order valence-corrected chi connectivity index (χ4v) is 2.77. The van der Waals surface area contributed by atoms with Crippen molar-refractivity contribution in [1.29, 1.82) is 0 Å². The summed E-state index contributed by atoms with van der Waals surface area (Å²) < 4.78 is 0. The summed E-state index contributed by atoms with van der Waals surface area (Å²) in [6, 6.07) is 7.86. The molecule has 1 fully saturated rings. The van der Waals surface area contributed by atoms with Gasteiger partial charge in [-0.3, -0.25) is 4.90 Å². The zero-order valence-corrected chi connectivity index (χ0v) is 12.0. The highest BCUT2D eigenvalue weighted by molar-refractivity contribution is 7.09. The third-order valence-electron chi connectivity index (χ3n) is 3.18. The molecule has 2 heterocycles. The number of nitrogens with zero attached hydrogens (tertiary/aromatic N) is 2. The third kappa shape index (κ3) is 2.75. The molecule has 0 bridgehead atoms. The van der Waals surface area contributed by atoms with Crippen LogP contribution in [-0.2, 0) is 6.54 Å². The Hall–Kier alpha value is -2.08. The van der Waals surface area contributed by atoms with E-state index in [0.29, 0.717) is 13.1 Å². The van der Waals surface area contributed by atoms with Crippen LogP contribution in [0.5, 0.6) is 0 Å². The first-order valence-electron chi connectivity index (χ1n) is 6.53. The molecular formula is C14H16N4OS. The van der Waals surface area contributed by atoms with Gasteiger partial charge in [-0.15, -0.1) is 11.3 Å². The molecule has 0 unspecified atom stereocenters. The van der Waals surface area contributed by atoms with Gasteiger partial charge in [-0.25, -0.2) is 9.78 Å². The fraction of sp³-hybridized carbons (Fsp3) is 0.286. The standard InChI is InChI=1S/C14H16N4OS/c1-10-17-12(9-20-10)8-16-11-2-4-13(5-3-11)18-7-6-15-14(18)19/h2-5,9,16H,6-8H2,1H3,(H,15,19). The highest BCUT2D eigenvalue weighted by Gasteiger charge is 2.20. The number of rotatable bonds is 4. The zero-order chi connectivity index (χ0) is 13.9. The van der Waals surface area contributed by atoms with Gasteiger partial charge < -0.3 is 10.6 Å². The van der Waals surface area contributed by atoms with Crippen LogP contribution in [0.15, 0.2) is 29.6 Å². The predicted molar refractivity (Wildman–Crippen MR) is 81.4 cm³/mol. The lowest BCUT2D eigenvalue weighted by Crippen LogP contribution is -2.27. The number of thiazole rings is 1. The van der Waals surface area contributed by atoms with Crippen LogP contribution in [0.2, 0.25) is 0 Å². The molecule has 3 rings (SSSR count). The molecule has 1 saturated heterocycles. The van der Waals surface area contributed by atoms with Crippen molar-refractivity contribution in [3.8, 4) is 0 Å². The number of carbonyl (C=O) groups excluding carboxylic acids is 1. The van der Waals surface area contributed by atoms with Gasteiger partial charge in [-0.1, -0.05) is 0 Å². The third-order valence-corrected chi connectivity index (χ3v) is 4.00. The molecule has 2 aromatic rings. The number of urea groups is 1. The first kappa shape index (κ1) is 12.9. The number of amides is 2. The topological polar surface area (TPSA) is 57.3 Å². The summed E-state index contributed by atoms with van der Waals surface area (Å²) in [4.78, 5) is 17.7. The molecule has 1 aromatic heterocycles. The van der Waals surface area contributed by atoms with Gasteiger partial charge in [0, 0.05) is 29.8 Å². The minimum atomic E-state index is -0.0244. The molecule has 0 spiro atoms. The molecule has 0 saturated carbocycles. The van der Waals surface area contributed by atoms with Gasteiger partial charge >= 0.3 is 6.03 Å². The van der Waals surface area contributed by atoms with Gasteiger partial charge in [0.15, 0.2) is 0 Å². The Morgan fingerprint density at radius 3 is 2.80 bits per heavy atom. The molecular weight excluding hydrogens is 272 g/mol. The second-order valence-electron chi connectivity index (χ2n) is 4.64. The van der Waals surface area contributed by atoms with Gasteiger partial charge in [0.05, 0.1) is 17.2 Å². The Labute approximate surface area is 121 Å². The van der Waals surface area contributed by atoms with E-state index in [9.17, 15) is 4.79 Å². The number of aryl methyl sites for hydroxylation is 1. The summed E-state index contributed by atoms with van der Waals surface area (Å²) >= 11 is 1.66. The number of benzene rings is 1. The molecule has 104 valence electrons. The van der Waals surface area contributed by atoms with Crippen LogP contribution in [-0.4, -0.2) is 24.1 Å². The monoisotopic (exact) mass is 288 g/mol. The number of carbonyl (C=O) groups is 1. The largest absolute Gasteiger partial charge is 0.379 e. The van der Waals surface area contributed by atoms with E-state index in [1.807, 2.05) is 31.2 Å². The number of hydrogen-bond acceptors (Lipinski definition) is 4. The van der Waals surface area contributed by atoms with Crippen molar-refractivity contribution < 1.29 is 4.79 Å². The molecule has 5 nitrogen and oxygen atoms in total. The van der Waals surface area contributed by atoms with Crippen molar-refractivity contribution in [3.63, 3.8) is 0 Å². The van der Waals surface area contributed by atoms with E-state index in [4.69, 9.17) is 0 Å². The molecule has 1 aliphatic rings. The highest BCUT2D eigenvalue weighted by atomic mass is 32.1. The molecule has 0 aliphatic carbocycles. The van der Waals surface area contributed by atoms with Gasteiger partial charge in [0.1, 0.15) is 0 Å². The van der Waals surface area contributed by atoms with E-state index in [-0.39, 0.29) is 6.03 Å². The maximum Gasteiger partial charge on any atom is 0.321 e. The summed E-state index contributed by atoms with van der Waals surface area (Å²) in [5.41, 5.74) is 3.00. The van der Waals surface area contributed by atoms with E-state index in [0.717, 1.165) is 28.6 Å². The fourth-order valence-electron chi connectivity index (χ4n) is 2.16. The van der Waals surface area contributed by atoms with E-state index in [1.165, 1.54) is 0 Å². The Morgan fingerprint density at radius 2 is 2.20 bits per heavy atom. The molecule has 0 atom stereocenters.